The molecule has 0 unspecified atom stereocenters. The third-order valence-electron chi connectivity index (χ3n) is 2.05. The summed E-state index contributed by atoms with van der Waals surface area (Å²) in [5, 5.41) is 3.68. The smallest absolute Gasteiger partial charge is 0.307 e. The molecule has 104 valence electrons. The Hall–Kier alpha value is -1.09. The zero-order valence-corrected chi connectivity index (χ0v) is 12.1. The minimum Gasteiger partial charge on any atom is -0.360 e. The summed E-state index contributed by atoms with van der Waals surface area (Å²) in [4.78, 5) is 0. The van der Waals surface area contributed by atoms with Crippen molar-refractivity contribution in [2.45, 2.75) is 26.7 Å². The molecule has 0 radical (unpaired) electrons. The second-order valence-corrected chi connectivity index (χ2v) is 7.27. The van der Waals surface area contributed by atoms with Gasteiger partial charge in [0.25, 0.3) is 15.9 Å². The van der Waals surface area contributed by atoms with Crippen LogP contribution < -0.4 is 4.18 Å². The van der Waals surface area contributed by atoms with Crippen molar-refractivity contribution in [2.75, 3.05) is 12.0 Å². The molecule has 0 N–H and O–H groups in total. The fourth-order valence-corrected chi connectivity index (χ4v) is 3.22. The zero-order chi connectivity index (χ0) is 14.0. The van der Waals surface area contributed by atoms with Gasteiger partial charge in [-0.1, -0.05) is 13.8 Å². The highest BCUT2D eigenvalue weighted by molar-refractivity contribution is 7.89. The highest BCUT2D eigenvalue weighted by atomic mass is 32.2. The second-order valence-electron chi connectivity index (χ2n) is 3.77. The first-order valence-corrected chi connectivity index (χ1v) is 8.83. The van der Waals surface area contributed by atoms with Crippen LogP contribution >= 0.6 is 0 Å². The monoisotopic (exact) mass is 296 g/mol. The lowest BCUT2D eigenvalue weighted by Crippen LogP contribution is -2.20. The third-order valence-corrected chi connectivity index (χ3v) is 4.29. The summed E-state index contributed by atoms with van der Waals surface area (Å²) in [5.74, 6) is -0.283. The van der Waals surface area contributed by atoms with Gasteiger partial charge in [0.2, 0.25) is 0 Å². The van der Waals surface area contributed by atoms with Crippen LogP contribution in [-0.4, -0.2) is 38.0 Å². The van der Waals surface area contributed by atoms with E-state index in [1.807, 2.05) is 0 Å². The Bertz CT molecular complexity index is 615. The van der Waals surface area contributed by atoms with E-state index in [0.29, 0.717) is 18.5 Å². The second kappa shape index (κ2) is 5.27. The van der Waals surface area contributed by atoms with Gasteiger partial charge >= 0.3 is 10.1 Å². The lowest BCUT2D eigenvalue weighted by Gasteiger charge is -2.05. The van der Waals surface area contributed by atoms with E-state index >= 15 is 0 Å². The molecule has 1 aromatic heterocycles. The van der Waals surface area contributed by atoms with Crippen LogP contribution in [0.25, 0.3) is 0 Å². The predicted octanol–water partition coefficient (Wildman–Crippen LogP) is 0.372. The van der Waals surface area contributed by atoms with E-state index in [9.17, 15) is 16.8 Å². The van der Waals surface area contributed by atoms with E-state index in [1.54, 1.807) is 13.8 Å². The van der Waals surface area contributed by atoms with E-state index < -0.39 is 20.1 Å². The maximum absolute atomic E-state index is 11.9. The van der Waals surface area contributed by atoms with Crippen LogP contribution in [0.1, 0.15) is 26.0 Å². The SMILES string of the molecule is CCCS(=O)(=O)n1nc(OS(C)(=O)=O)cc1CC. The maximum Gasteiger partial charge on any atom is 0.307 e. The number of hydrogen-bond acceptors (Lipinski definition) is 6. The number of nitrogens with zero attached hydrogens (tertiary/aromatic N) is 2. The Balaban J connectivity index is 3.21. The molecule has 0 atom stereocenters. The molecular weight excluding hydrogens is 280 g/mol. The molecule has 0 saturated heterocycles. The Morgan fingerprint density at radius 2 is 1.89 bits per heavy atom. The summed E-state index contributed by atoms with van der Waals surface area (Å²) < 4.78 is 51.1. The Morgan fingerprint density at radius 3 is 2.33 bits per heavy atom. The number of aryl methyl sites for hydroxylation is 1. The van der Waals surface area contributed by atoms with Gasteiger partial charge in [-0.05, 0) is 12.8 Å². The van der Waals surface area contributed by atoms with Crippen LogP contribution in [0.2, 0.25) is 0 Å². The first-order valence-electron chi connectivity index (χ1n) is 5.41. The van der Waals surface area contributed by atoms with E-state index in [1.165, 1.54) is 6.07 Å². The zero-order valence-electron chi connectivity index (χ0n) is 10.5. The molecule has 0 aromatic carbocycles. The maximum atomic E-state index is 11.9. The minimum absolute atomic E-state index is 0.0556. The van der Waals surface area contributed by atoms with Crippen molar-refractivity contribution in [2.24, 2.45) is 0 Å². The third kappa shape index (κ3) is 3.70. The molecule has 0 amide bonds. The normalized spacial score (nSPS) is 12.6. The fourth-order valence-electron chi connectivity index (χ4n) is 1.40. The molecule has 1 rings (SSSR count). The van der Waals surface area contributed by atoms with E-state index in [-0.39, 0.29) is 11.6 Å². The van der Waals surface area contributed by atoms with Gasteiger partial charge < -0.3 is 4.18 Å². The first kappa shape index (κ1) is 15.0. The van der Waals surface area contributed by atoms with Gasteiger partial charge in [0.15, 0.2) is 0 Å². The van der Waals surface area contributed by atoms with Crippen LogP contribution in [-0.2, 0) is 26.6 Å². The van der Waals surface area contributed by atoms with Gasteiger partial charge in [-0.15, -0.1) is 5.10 Å². The summed E-state index contributed by atoms with van der Waals surface area (Å²) in [6, 6.07) is 1.31. The lowest BCUT2D eigenvalue weighted by molar-refractivity contribution is 0.479. The predicted molar refractivity (Wildman–Crippen MR) is 66.6 cm³/mol. The van der Waals surface area contributed by atoms with Gasteiger partial charge in [0, 0.05) is 6.07 Å². The van der Waals surface area contributed by atoms with Crippen molar-refractivity contribution >= 4 is 20.1 Å². The summed E-state index contributed by atoms with van der Waals surface area (Å²) in [7, 11) is -7.27. The molecular formula is C9H16N2O5S2. The van der Waals surface area contributed by atoms with Crippen molar-refractivity contribution in [1.82, 2.24) is 9.19 Å². The van der Waals surface area contributed by atoms with Gasteiger partial charge in [-0.25, -0.2) is 8.42 Å². The van der Waals surface area contributed by atoms with Crippen molar-refractivity contribution in [1.29, 1.82) is 0 Å². The molecule has 1 aromatic rings. The minimum atomic E-state index is -3.72. The van der Waals surface area contributed by atoms with E-state index in [2.05, 4.69) is 9.28 Å². The number of hydrogen-bond donors (Lipinski definition) is 0. The molecule has 0 fully saturated rings. The molecule has 7 nitrogen and oxygen atoms in total. The van der Waals surface area contributed by atoms with Gasteiger partial charge in [0.1, 0.15) is 0 Å². The van der Waals surface area contributed by atoms with Crippen LogP contribution in [0, 0.1) is 0 Å². The molecule has 0 aliphatic carbocycles. The number of rotatable bonds is 6. The Kier molecular flexibility index (Phi) is 4.38. The van der Waals surface area contributed by atoms with Gasteiger partial charge in [-0.3, -0.25) is 0 Å². The Morgan fingerprint density at radius 1 is 1.28 bits per heavy atom. The van der Waals surface area contributed by atoms with Crippen LogP contribution in [0.15, 0.2) is 6.07 Å². The highest BCUT2D eigenvalue weighted by Gasteiger charge is 2.20. The first-order chi connectivity index (χ1) is 8.19. The summed E-state index contributed by atoms with van der Waals surface area (Å²) in [6.45, 7) is 3.49. The topological polar surface area (TPSA) is 95.3 Å². The Labute approximate surface area is 107 Å². The lowest BCUT2D eigenvalue weighted by atomic mass is 10.3. The molecule has 0 aliphatic heterocycles. The average molecular weight is 296 g/mol. The molecule has 0 bridgehead atoms. The molecule has 0 saturated carbocycles. The standard InChI is InChI=1S/C9H16N2O5S2/c1-4-6-18(14,15)11-8(5-2)7-9(10-11)16-17(3,12)13/h7H,4-6H2,1-3H3. The summed E-state index contributed by atoms with van der Waals surface area (Å²) >= 11 is 0. The van der Waals surface area contributed by atoms with Crippen molar-refractivity contribution in [3.63, 3.8) is 0 Å². The summed E-state index contributed by atoms with van der Waals surface area (Å²) in [6.07, 6.45) is 1.73. The van der Waals surface area contributed by atoms with E-state index in [0.717, 1.165) is 10.3 Å². The molecule has 9 heteroatoms. The van der Waals surface area contributed by atoms with Crippen LogP contribution in [0.3, 0.4) is 0 Å². The molecule has 18 heavy (non-hydrogen) atoms. The van der Waals surface area contributed by atoms with Crippen LogP contribution in [0.4, 0.5) is 0 Å². The average Bonchev–Trinajstić information content (AvgIpc) is 2.58. The summed E-state index contributed by atoms with van der Waals surface area (Å²) in [5.41, 5.74) is 0.391. The molecule has 0 aliphatic rings. The highest BCUT2D eigenvalue weighted by Crippen LogP contribution is 2.16. The van der Waals surface area contributed by atoms with Crippen LogP contribution in [0.5, 0.6) is 5.88 Å². The number of aromatic nitrogens is 2. The quantitative estimate of drug-likeness (QED) is 0.704. The van der Waals surface area contributed by atoms with Crippen molar-refractivity contribution in [3.05, 3.63) is 11.8 Å². The van der Waals surface area contributed by atoms with Gasteiger partial charge in [0.05, 0.1) is 17.7 Å². The van der Waals surface area contributed by atoms with Gasteiger partial charge in [-0.2, -0.15) is 12.5 Å². The molecule has 0 spiro atoms. The largest absolute Gasteiger partial charge is 0.360 e. The molecule has 1 heterocycles. The van der Waals surface area contributed by atoms with E-state index in [4.69, 9.17) is 0 Å². The van der Waals surface area contributed by atoms with Crippen molar-refractivity contribution < 1.29 is 21.0 Å². The fraction of sp³-hybridized carbons (Fsp3) is 0.667. The van der Waals surface area contributed by atoms with Crippen molar-refractivity contribution in [3.8, 4) is 5.88 Å².